The van der Waals surface area contributed by atoms with Gasteiger partial charge in [0.05, 0.1) is 22.9 Å². The standard InChI is InChI=1S/C20H16N6OS/c1-2-26-16-9-4-3-8-15(16)18-19(26)23-20(25-24-18)28-12-17(27)22-14-7-5-6-13(10-14)11-21/h3-10H,2,12H2,1H3,(H,22,27). The van der Waals surface area contributed by atoms with Gasteiger partial charge in [0, 0.05) is 17.6 Å². The maximum atomic E-state index is 12.2. The third-order valence-corrected chi connectivity index (χ3v) is 5.12. The van der Waals surface area contributed by atoms with E-state index in [4.69, 9.17) is 5.26 Å². The molecule has 0 aliphatic heterocycles. The minimum Gasteiger partial charge on any atom is -0.325 e. The van der Waals surface area contributed by atoms with Crippen LogP contribution in [0.15, 0.2) is 53.7 Å². The van der Waals surface area contributed by atoms with Gasteiger partial charge < -0.3 is 9.88 Å². The summed E-state index contributed by atoms with van der Waals surface area (Å²) in [6, 6.07) is 16.8. The molecule has 0 fully saturated rings. The second kappa shape index (κ2) is 7.66. The number of anilines is 1. The van der Waals surface area contributed by atoms with Crippen molar-refractivity contribution in [2.75, 3.05) is 11.1 Å². The van der Waals surface area contributed by atoms with Crippen LogP contribution in [0.2, 0.25) is 0 Å². The molecule has 1 amide bonds. The van der Waals surface area contributed by atoms with Gasteiger partial charge in [0.25, 0.3) is 0 Å². The Bertz CT molecular complexity index is 1230. The van der Waals surface area contributed by atoms with Crippen LogP contribution in [0, 0.1) is 11.3 Å². The summed E-state index contributed by atoms with van der Waals surface area (Å²) in [5.74, 6) is -0.0455. The molecule has 8 heteroatoms. The lowest BCUT2D eigenvalue weighted by Gasteiger charge is -2.05. The Balaban J connectivity index is 1.52. The molecule has 4 aromatic rings. The molecule has 0 unspecified atom stereocenters. The summed E-state index contributed by atoms with van der Waals surface area (Å²) >= 11 is 1.23. The lowest BCUT2D eigenvalue weighted by atomic mass is 10.2. The van der Waals surface area contributed by atoms with Gasteiger partial charge in [-0.2, -0.15) is 5.26 Å². The number of hydrogen-bond donors (Lipinski definition) is 1. The van der Waals surface area contributed by atoms with Crippen molar-refractivity contribution in [2.45, 2.75) is 18.6 Å². The van der Waals surface area contributed by atoms with Crippen LogP contribution in [0.5, 0.6) is 0 Å². The highest BCUT2D eigenvalue weighted by Crippen LogP contribution is 2.27. The zero-order valence-electron chi connectivity index (χ0n) is 15.1. The number of carbonyl (C=O) groups excluding carboxylic acids is 1. The van der Waals surface area contributed by atoms with Crippen LogP contribution >= 0.6 is 11.8 Å². The van der Waals surface area contributed by atoms with Crippen molar-refractivity contribution in [3.63, 3.8) is 0 Å². The predicted molar refractivity (Wildman–Crippen MR) is 109 cm³/mol. The summed E-state index contributed by atoms with van der Waals surface area (Å²) in [5.41, 5.74) is 3.68. The molecule has 0 saturated heterocycles. The molecule has 2 aromatic carbocycles. The van der Waals surface area contributed by atoms with Gasteiger partial charge in [-0.25, -0.2) is 4.98 Å². The fourth-order valence-electron chi connectivity index (χ4n) is 3.06. The average molecular weight is 388 g/mol. The third kappa shape index (κ3) is 3.40. The van der Waals surface area contributed by atoms with E-state index in [9.17, 15) is 4.79 Å². The van der Waals surface area contributed by atoms with Crippen LogP contribution in [0.1, 0.15) is 12.5 Å². The van der Waals surface area contributed by atoms with Crippen LogP contribution in [-0.2, 0) is 11.3 Å². The lowest BCUT2D eigenvalue weighted by molar-refractivity contribution is -0.113. The highest BCUT2D eigenvalue weighted by molar-refractivity contribution is 7.99. The molecule has 1 N–H and O–H groups in total. The van der Waals surface area contributed by atoms with Gasteiger partial charge in [-0.1, -0.05) is 36.0 Å². The number of fused-ring (bicyclic) bond motifs is 3. The number of nitrogens with zero attached hydrogens (tertiary/aromatic N) is 5. The van der Waals surface area contributed by atoms with Gasteiger partial charge in [-0.3, -0.25) is 4.79 Å². The van der Waals surface area contributed by atoms with Gasteiger partial charge in [0.1, 0.15) is 5.52 Å². The molecule has 0 radical (unpaired) electrons. The van der Waals surface area contributed by atoms with E-state index in [1.807, 2.05) is 24.3 Å². The minimum absolute atomic E-state index is 0.149. The summed E-state index contributed by atoms with van der Waals surface area (Å²) in [7, 11) is 0. The van der Waals surface area contributed by atoms with Crippen molar-refractivity contribution in [3.05, 3.63) is 54.1 Å². The van der Waals surface area contributed by atoms with E-state index in [1.165, 1.54) is 11.8 Å². The largest absolute Gasteiger partial charge is 0.325 e. The second-order valence-corrected chi connectivity index (χ2v) is 7.00. The Kier molecular flexibility index (Phi) is 4.91. The smallest absolute Gasteiger partial charge is 0.234 e. The van der Waals surface area contributed by atoms with Crippen LogP contribution in [0.4, 0.5) is 5.69 Å². The number of hydrogen-bond acceptors (Lipinski definition) is 6. The Morgan fingerprint density at radius 1 is 1.21 bits per heavy atom. The highest BCUT2D eigenvalue weighted by atomic mass is 32.2. The van der Waals surface area contributed by atoms with E-state index in [0.717, 1.165) is 28.6 Å². The molecule has 0 bridgehead atoms. The van der Waals surface area contributed by atoms with E-state index in [-0.39, 0.29) is 11.7 Å². The Morgan fingerprint density at radius 3 is 2.89 bits per heavy atom. The molecule has 0 saturated carbocycles. The molecule has 4 rings (SSSR count). The van der Waals surface area contributed by atoms with Crippen molar-refractivity contribution in [1.82, 2.24) is 19.7 Å². The second-order valence-electron chi connectivity index (χ2n) is 6.06. The predicted octanol–water partition coefficient (Wildman–Crippen LogP) is 3.60. The number of para-hydroxylation sites is 1. The number of carbonyl (C=O) groups is 1. The quantitative estimate of drug-likeness (QED) is 0.525. The average Bonchev–Trinajstić information content (AvgIpc) is 3.05. The highest BCUT2D eigenvalue weighted by Gasteiger charge is 2.14. The van der Waals surface area contributed by atoms with Crippen molar-refractivity contribution >= 4 is 45.4 Å². The molecule has 0 aliphatic carbocycles. The van der Waals surface area contributed by atoms with E-state index in [1.54, 1.807) is 24.3 Å². The van der Waals surface area contributed by atoms with E-state index in [0.29, 0.717) is 16.4 Å². The minimum atomic E-state index is -0.195. The number of amides is 1. The molecule has 0 atom stereocenters. The Morgan fingerprint density at radius 2 is 2.07 bits per heavy atom. The SMILES string of the molecule is CCn1c2ccccc2c2nnc(SCC(=O)Nc3cccc(C#N)c3)nc21. The van der Waals surface area contributed by atoms with E-state index in [2.05, 4.69) is 38.1 Å². The van der Waals surface area contributed by atoms with Gasteiger partial charge in [0.15, 0.2) is 5.65 Å². The number of thioether (sulfide) groups is 1. The molecule has 0 aliphatic rings. The summed E-state index contributed by atoms with van der Waals surface area (Å²) in [5, 5.41) is 21.7. The van der Waals surface area contributed by atoms with Gasteiger partial charge in [-0.05, 0) is 31.2 Å². The molecule has 28 heavy (non-hydrogen) atoms. The first-order chi connectivity index (χ1) is 13.7. The summed E-state index contributed by atoms with van der Waals surface area (Å²) in [6.45, 7) is 2.83. The first-order valence-electron chi connectivity index (χ1n) is 8.74. The summed E-state index contributed by atoms with van der Waals surface area (Å²) in [4.78, 5) is 16.8. The normalized spacial score (nSPS) is 10.9. The molecule has 138 valence electrons. The summed E-state index contributed by atoms with van der Waals surface area (Å²) < 4.78 is 2.09. The van der Waals surface area contributed by atoms with E-state index >= 15 is 0 Å². The number of benzene rings is 2. The maximum Gasteiger partial charge on any atom is 0.234 e. The van der Waals surface area contributed by atoms with Crippen LogP contribution in [0.25, 0.3) is 22.1 Å². The fraction of sp³-hybridized carbons (Fsp3) is 0.150. The van der Waals surface area contributed by atoms with Crippen LogP contribution < -0.4 is 5.32 Å². The van der Waals surface area contributed by atoms with Gasteiger partial charge >= 0.3 is 0 Å². The molecular formula is C20H16N6OS. The molecule has 2 heterocycles. The summed E-state index contributed by atoms with van der Waals surface area (Å²) in [6.07, 6.45) is 0. The van der Waals surface area contributed by atoms with Gasteiger partial charge in [0.2, 0.25) is 11.1 Å². The number of aromatic nitrogens is 4. The third-order valence-electron chi connectivity index (χ3n) is 4.28. The number of aryl methyl sites for hydroxylation is 1. The maximum absolute atomic E-state index is 12.2. The zero-order chi connectivity index (χ0) is 19.5. The molecule has 0 spiro atoms. The molecule has 2 aromatic heterocycles. The number of rotatable bonds is 5. The van der Waals surface area contributed by atoms with Crippen molar-refractivity contribution in [1.29, 1.82) is 5.26 Å². The zero-order valence-corrected chi connectivity index (χ0v) is 15.9. The number of nitrogens with one attached hydrogen (secondary N) is 1. The van der Waals surface area contributed by atoms with Crippen LogP contribution in [-0.4, -0.2) is 31.4 Å². The molecular weight excluding hydrogens is 372 g/mol. The van der Waals surface area contributed by atoms with Crippen LogP contribution in [0.3, 0.4) is 0 Å². The van der Waals surface area contributed by atoms with Crippen molar-refractivity contribution < 1.29 is 4.79 Å². The first kappa shape index (κ1) is 17.9. The number of nitriles is 1. The molecule has 7 nitrogen and oxygen atoms in total. The first-order valence-corrected chi connectivity index (χ1v) is 9.72. The monoisotopic (exact) mass is 388 g/mol. The Labute approximate surface area is 165 Å². The van der Waals surface area contributed by atoms with Crippen molar-refractivity contribution in [3.8, 4) is 6.07 Å². The van der Waals surface area contributed by atoms with Gasteiger partial charge in [-0.15, -0.1) is 10.2 Å². The van der Waals surface area contributed by atoms with E-state index < -0.39 is 0 Å². The topological polar surface area (TPSA) is 96.5 Å². The Hall–Kier alpha value is -3.44. The fourth-order valence-corrected chi connectivity index (χ4v) is 3.65. The lowest BCUT2D eigenvalue weighted by Crippen LogP contribution is -2.14. The van der Waals surface area contributed by atoms with Crippen molar-refractivity contribution in [2.24, 2.45) is 0 Å².